The minimum Gasteiger partial charge on any atom is -0.385 e. The molecule has 0 fully saturated rings. The highest BCUT2D eigenvalue weighted by molar-refractivity contribution is 6.33. The predicted molar refractivity (Wildman–Crippen MR) is 81.2 cm³/mol. The fraction of sp³-hybridized carbons (Fsp3) is 0.200. The molecule has 0 spiro atoms. The number of benzene rings is 2. The zero-order valence-corrected chi connectivity index (χ0v) is 12.6. The third kappa shape index (κ3) is 3.64. The Bertz CT molecular complexity index is 576. The number of rotatable bonds is 3. The van der Waals surface area contributed by atoms with Gasteiger partial charge in [-0.15, -0.1) is 0 Å². The third-order valence-corrected chi connectivity index (χ3v) is 3.79. The Morgan fingerprint density at radius 3 is 2.16 bits per heavy atom. The molecule has 0 aromatic heterocycles. The van der Waals surface area contributed by atoms with Crippen molar-refractivity contribution in [1.82, 2.24) is 0 Å². The minimum absolute atomic E-state index is 0.435. The second-order valence-corrected chi connectivity index (χ2v) is 5.98. The summed E-state index contributed by atoms with van der Waals surface area (Å²) in [7, 11) is 0. The van der Waals surface area contributed by atoms with Crippen molar-refractivity contribution < 1.29 is 5.11 Å². The van der Waals surface area contributed by atoms with E-state index < -0.39 is 5.60 Å². The largest absolute Gasteiger partial charge is 0.385 e. The van der Waals surface area contributed by atoms with Gasteiger partial charge in [-0.25, -0.2) is 0 Å². The highest BCUT2D eigenvalue weighted by Gasteiger charge is 2.26. The lowest BCUT2D eigenvalue weighted by atomic mass is 9.89. The van der Waals surface area contributed by atoms with Gasteiger partial charge in [0.2, 0.25) is 0 Å². The topological polar surface area (TPSA) is 20.2 Å². The molecule has 1 unspecified atom stereocenters. The Balaban J connectivity index is 2.31. The first-order valence-electron chi connectivity index (χ1n) is 5.81. The van der Waals surface area contributed by atoms with Crippen molar-refractivity contribution >= 4 is 34.8 Å². The Morgan fingerprint density at radius 2 is 1.53 bits per heavy atom. The van der Waals surface area contributed by atoms with Gasteiger partial charge in [0.15, 0.2) is 0 Å². The third-order valence-electron chi connectivity index (χ3n) is 2.97. The summed E-state index contributed by atoms with van der Waals surface area (Å²) in [6, 6.07) is 12.4. The summed E-state index contributed by atoms with van der Waals surface area (Å²) in [4.78, 5) is 0. The second-order valence-electron chi connectivity index (χ2n) is 4.70. The van der Waals surface area contributed by atoms with Gasteiger partial charge in [0.1, 0.15) is 0 Å². The zero-order chi connectivity index (χ0) is 14.0. The molecule has 0 radical (unpaired) electrons. The van der Waals surface area contributed by atoms with Gasteiger partial charge < -0.3 is 5.11 Å². The van der Waals surface area contributed by atoms with Crippen LogP contribution in [0.3, 0.4) is 0 Å². The van der Waals surface area contributed by atoms with E-state index in [0.717, 1.165) is 5.56 Å². The molecule has 1 N–H and O–H groups in total. The molecule has 0 aliphatic heterocycles. The van der Waals surface area contributed by atoms with Gasteiger partial charge in [-0.1, -0.05) is 46.9 Å². The molecule has 1 nitrogen and oxygen atoms in total. The van der Waals surface area contributed by atoms with Crippen molar-refractivity contribution in [3.8, 4) is 0 Å². The summed E-state index contributed by atoms with van der Waals surface area (Å²) < 4.78 is 0. The molecule has 0 aliphatic carbocycles. The molecule has 2 aromatic rings. The van der Waals surface area contributed by atoms with Gasteiger partial charge in [0.25, 0.3) is 0 Å². The quantitative estimate of drug-likeness (QED) is 0.835. The van der Waals surface area contributed by atoms with E-state index in [1.165, 1.54) is 0 Å². The Hall–Kier alpha value is -0.730. The summed E-state index contributed by atoms with van der Waals surface area (Å²) in [5.41, 5.74) is 0.512. The number of aliphatic hydroxyl groups is 1. The summed E-state index contributed by atoms with van der Waals surface area (Å²) >= 11 is 17.9. The molecule has 1 atom stereocenters. The normalized spacial score (nSPS) is 14.2. The Kier molecular flexibility index (Phi) is 4.42. The molecule has 4 heteroatoms. The lowest BCUT2D eigenvalue weighted by Crippen LogP contribution is -2.24. The molecule has 2 aromatic carbocycles. The van der Waals surface area contributed by atoms with E-state index in [0.29, 0.717) is 27.1 Å². The average molecular weight is 316 g/mol. The molecule has 0 saturated heterocycles. The van der Waals surface area contributed by atoms with Crippen molar-refractivity contribution in [1.29, 1.82) is 0 Å². The van der Waals surface area contributed by atoms with E-state index in [9.17, 15) is 5.11 Å². The summed E-state index contributed by atoms with van der Waals surface area (Å²) in [6.45, 7) is 1.72. The van der Waals surface area contributed by atoms with Crippen molar-refractivity contribution in [3.05, 3.63) is 68.7 Å². The first-order valence-corrected chi connectivity index (χ1v) is 6.94. The van der Waals surface area contributed by atoms with Crippen molar-refractivity contribution in [2.75, 3.05) is 0 Å². The Labute approximate surface area is 127 Å². The fourth-order valence-electron chi connectivity index (χ4n) is 2.01. The molecule has 0 aliphatic rings. The monoisotopic (exact) mass is 314 g/mol. The molecule has 0 heterocycles. The molecule has 2 rings (SSSR count). The van der Waals surface area contributed by atoms with Crippen molar-refractivity contribution in [2.45, 2.75) is 18.9 Å². The zero-order valence-electron chi connectivity index (χ0n) is 10.3. The Morgan fingerprint density at radius 1 is 0.947 bits per heavy atom. The van der Waals surface area contributed by atoms with Crippen LogP contribution in [0, 0.1) is 0 Å². The smallest absolute Gasteiger partial charge is 0.0923 e. The van der Waals surface area contributed by atoms with Crippen LogP contribution in [0.5, 0.6) is 0 Å². The van der Waals surface area contributed by atoms with E-state index in [-0.39, 0.29) is 0 Å². The maximum absolute atomic E-state index is 10.6. The van der Waals surface area contributed by atoms with E-state index in [1.54, 1.807) is 37.3 Å². The van der Waals surface area contributed by atoms with Crippen LogP contribution < -0.4 is 0 Å². The highest BCUT2D eigenvalue weighted by Crippen LogP contribution is 2.33. The summed E-state index contributed by atoms with van der Waals surface area (Å²) in [6.07, 6.45) is 0.435. The van der Waals surface area contributed by atoms with Gasteiger partial charge in [0.05, 0.1) is 5.60 Å². The molecule has 0 saturated carbocycles. The minimum atomic E-state index is -1.09. The predicted octanol–water partition coefficient (Wildman–Crippen LogP) is 5.10. The second kappa shape index (κ2) is 5.72. The van der Waals surface area contributed by atoms with Crippen LogP contribution in [0.25, 0.3) is 0 Å². The van der Waals surface area contributed by atoms with Crippen LogP contribution in [0.1, 0.15) is 18.1 Å². The maximum Gasteiger partial charge on any atom is 0.0923 e. The lowest BCUT2D eigenvalue weighted by Gasteiger charge is -2.25. The van der Waals surface area contributed by atoms with Crippen molar-refractivity contribution in [3.63, 3.8) is 0 Å². The number of halogens is 3. The van der Waals surface area contributed by atoms with E-state index in [2.05, 4.69) is 0 Å². The van der Waals surface area contributed by atoms with Crippen LogP contribution >= 0.6 is 34.8 Å². The number of hydrogen-bond acceptors (Lipinski definition) is 1. The number of hydrogen-bond donors (Lipinski definition) is 1. The SMILES string of the molecule is CC(O)(Cc1ccc(Cl)cc1)c1cc(Cl)ccc1Cl. The van der Waals surface area contributed by atoms with Crippen LogP contribution in [0.4, 0.5) is 0 Å². The van der Waals surface area contributed by atoms with Crippen LogP contribution in [0.2, 0.25) is 15.1 Å². The lowest BCUT2D eigenvalue weighted by molar-refractivity contribution is 0.0577. The first kappa shape index (κ1) is 14.7. The van der Waals surface area contributed by atoms with Crippen LogP contribution in [0.15, 0.2) is 42.5 Å². The van der Waals surface area contributed by atoms with Gasteiger partial charge in [0, 0.05) is 27.1 Å². The van der Waals surface area contributed by atoms with Gasteiger partial charge in [-0.3, -0.25) is 0 Å². The standard InChI is InChI=1S/C15H13Cl3O/c1-15(19,9-10-2-4-11(16)5-3-10)13-8-12(17)6-7-14(13)18/h2-8,19H,9H2,1H3. The summed E-state index contributed by atoms with van der Waals surface area (Å²) in [5, 5.41) is 12.4. The average Bonchev–Trinajstić information content (AvgIpc) is 2.35. The van der Waals surface area contributed by atoms with E-state index in [1.807, 2.05) is 12.1 Å². The van der Waals surface area contributed by atoms with Gasteiger partial charge >= 0.3 is 0 Å². The first-order chi connectivity index (χ1) is 8.88. The van der Waals surface area contributed by atoms with E-state index >= 15 is 0 Å². The fourth-order valence-corrected chi connectivity index (χ4v) is 2.62. The molecule has 0 amide bonds. The van der Waals surface area contributed by atoms with E-state index in [4.69, 9.17) is 34.8 Å². The molecular formula is C15H13Cl3O. The van der Waals surface area contributed by atoms with Gasteiger partial charge in [-0.05, 0) is 42.8 Å². The summed E-state index contributed by atoms with van der Waals surface area (Å²) in [5.74, 6) is 0. The molecular weight excluding hydrogens is 303 g/mol. The molecule has 100 valence electrons. The molecule has 0 bridgehead atoms. The van der Waals surface area contributed by atoms with Gasteiger partial charge in [-0.2, -0.15) is 0 Å². The highest BCUT2D eigenvalue weighted by atomic mass is 35.5. The van der Waals surface area contributed by atoms with Crippen LogP contribution in [-0.4, -0.2) is 5.11 Å². The van der Waals surface area contributed by atoms with Crippen LogP contribution in [-0.2, 0) is 12.0 Å². The maximum atomic E-state index is 10.6. The van der Waals surface area contributed by atoms with Crippen molar-refractivity contribution in [2.24, 2.45) is 0 Å². The molecule has 19 heavy (non-hydrogen) atoms.